The number of hydrogen-bond donors (Lipinski definition) is 1. The van der Waals surface area contributed by atoms with Crippen molar-refractivity contribution in [1.82, 2.24) is 5.32 Å². The highest BCUT2D eigenvalue weighted by molar-refractivity contribution is 5.98. The molecule has 0 atom stereocenters. The second kappa shape index (κ2) is 10.3. The van der Waals surface area contributed by atoms with Crippen LogP contribution >= 0.6 is 0 Å². The van der Waals surface area contributed by atoms with Gasteiger partial charge in [0.1, 0.15) is 11.6 Å². The van der Waals surface area contributed by atoms with E-state index in [0.717, 1.165) is 5.56 Å². The molecule has 0 radical (unpaired) electrons. The van der Waals surface area contributed by atoms with Gasteiger partial charge in [-0.3, -0.25) is 4.79 Å². The molecule has 0 aromatic heterocycles. The van der Waals surface area contributed by atoms with Gasteiger partial charge in [0, 0.05) is 6.54 Å². The zero-order valence-electron chi connectivity index (χ0n) is 15.2. The van der Waals surface area contributed by atoms with Crippen LogP contribution in [0.15, 0.2) is 60.2 Å². The third kappa shape index (κ3) is 6.11. The molecule has 2 rings (SSSR count). The van der Waals surface area contributed by atoms with E-state index in [9.17, 15) is 14.4 Å². The third-order valence-electron chi connectivity index (χ3n) is 3.65. The predicted octanol–water partition coefficient (Wildman–Crippen LogP) is 2.24. The normalized spacial score (nSPS) is 10.5. The average molecular weight is 378 g/mol. The zero-order valence-corrected chi connectivity index (χ0v) is 15.2. The minimum Gasteiger partial charge on any atom is -0.465 e. The number of hydrogen-bond acceptors (Lipinski definition) is 6. The third-order valence-corrected chi connectivity index (χ3v) is 3.65. The molecule has 142 valence electrons. The molecule has 28 heavy (non-hydrogen) atoms. The fourth-order valence-corrected chi connectivity index (χ4v) is 2.19. The summed E-state index contributed by atoms with van der Waals surface area (Å²) in [7, 11) is 1.30. The van der Waals surface area contributed by atoms with Gasteiger partial charge in [0.15, 0.2) is 6.61 Å². The van der Waals surface area contributed by atoms with Crippen molar-refractivity contribution in [2.75, 3.05) is 13.7 Å². The van der Waals surface area contributed by atoms with Gasteiger partial charge in [-0.15, -0.1) is 0 Å². The molecule has 7 heteroatoms. The highest BCUT2D eigenvalue weighted by atomic mass is 16.5. The van der Waals surface area contributed by atoms with Crippen molar-refractivity contribution in [3.8, 4) is 6.07 Å². The van der Waals surface area contributed by atoms with Crippen LogP contribution in [0.3, 0.4) is 0 Å². The topological polar surface area (TPSA) is 105 Å². The number of rotatable bonds is 7. The Hall–Kier alpha value is -3.92. The van der Waals surface area contributed by atoms with Crippen molar-refractivity contribution in [3.05, 3.63) is 76.9 Å². The predicted molar refractivity (Wildman–Crippen MR) is 101 cm³/mol. The second-order valence-electron chi connectivity index (χ2n) is 5.62. The molecule has 2 aromatic rings. The van der Waals surface area contributed by atoms with Gasteiger partial charge in [-0.05, 0) is 29.3 Å². The summed E-state index contributed by atoms with van der Waals surface area (Å²) in [5, 5.41) is 11.7. The van der Waals surface area contributed by atoms with E-state index in [0.29, 0.717) is 11.1 Å². The first-order valence-corrected chi connectivity index (χ1v) is 8.31. The molecule has 0 bridgehead atoms. The van der Waals surface area contributed by atoms with Gasteiger partial charge in [0.05, 0.1) is 12.7 Å². The monoisotopic (exact) mass is 378 g/mol. The minimum atomic E-state index is -0.871. The fourth-order valence-electron chi connectivity index (χ4n) is 2.19. The highest BCUT2D eigenvalue weighted by Crippen LogP contribution is 2.08. The molecular formula is C21H18N2O5. The first-order chi connectivity index (χ1) is 13.5. The number of methoxy groups -OCH3 is 1. The summed E-state index contributed by atoms with van der Waals surface area (Å²) in [6, 6.07) is 17.1. The molecule has 1 amide bonds. The Morgan fingerprint density at radius 2 is 1.75 bits per heavy atom. The summed E-state index contributed by atoms with van der Waals surface area (Å²) >= 11 is 0. The molecule has 0 aliphatic carbocycles. The molecule has 0 aliphatic heterocycles. The second-order valence-corrected chi connectivity index (χ2v) is 5.62. The lowest BCUT2D eigenvalue weighted by Crippen LogP contribution is -2.28. The van der Waals surface area contributed by atoms with E-state index in [4.69, 9.17) is 10.00 Å². The van der Waals surface area contributed by atoms with Crippen LogP contribution in [0.1, 0.15) is 21.5 Å². The average Bonchev–Trinajstić information content (AvgIpc) is 2.74. The minimum absolute atomic E-state index is 0.197. The molecule has 2 aromatic carbocycles. The van der Waals surface area contributed by atoms with Gasteiger partial charge < -0.3 is 14.8 Å². The van der Waals surface area contributed by atoms with E-state index < -0.39 is 24.5 Å². The van der Waals surface area contributed by atoms with Gasteiger partial charge in [-0.25, -0.2) is 9.59 Å². The smallest absolute Gasteiger partial charge is 0.349 e. The van der Waals surface area contributed by atoms with Gasteiger partial charge in [-0.1, -0.05) is 42.5 Å². The summed E-state index contributed by atoms with van der Waals surface area (Å²) in [6.45, 7) is -0.310. The van der Waals surface area contributed by atoms with Gasteiger partial charge in [0.2, 0.25) is 0 Å². The Bertz CT molecular complexity index is 912. The molecule has 0 heterocycles. The Morgan fingerprint density at radius 3 is 2.36 bits per heavy atom. The number of nitriles is 1. The van der Waals surface area contributed by atoms with Crippen LogP contribution in [0.5, 0.6) is 0 Å². The number of ether oxygens (including phenoxy) is 2. The van der Waals surface area contributed by atoms with Crippen molar-refractivity contribution >= 4 is 23.9 Å². The summed E-state index contributed by atoms with van der Waals surface area (Å²) < 4.78 is 9.49. The lowest BCUT2D eigenvalue weighted by molar-refractivity contribution is -0.144. The molecule has 0 saturated carbocycles. The van der Waals surface area contributed by atoms with E-state index in [-0.39, 0.29) is 12.1 Å². The molecule has 0 saturated heterocycles. The molecule has 1 N–H and O–H groups in total. The standard InChI is InChI=1S/C21H18N2O5/c1-27-20(25)17-9-7-16(8-10-17)13-23-19(24)14-28-21(26)18(12-22)11-15-5-3-2-4-6-15/h2-11H,13-14H2,1H3,(H,23,24). The van der Waals surface area contributed by atoms with E-state index in [2.05, 4.69) is 10.1 Å². The Balaban J connectivity index is 1.83. The van der Waals surface area contributed by atoms with Crippen molar-refractivity contribution in [2.24, 2.45) is 0 Å². The van der Waals surface area contributed by atoms with Gasteiger partial charge >= 0.3 is 11.9 Å². The summed E-state index contributed by atoms with van der Waals surface area (Å²) in [6.07, 6.45) is 1.39. The van der Waals surface area contributed by atoms with Gasteiger partial charge in [0.25, 0.3) is 5.91 Å². The van der Waals surface area contributed by atoms with E-state index in [1.165, 1.54) is 13.2 Å². The maximum absolute atomic E-state index is 12.0. The maximum Gasteiger partial charge on any atom is 0.349 e. The number of carbonyl (C=O) groups is 3. The maximum atomic E-state index is 12.0. The Morgan fingerprint density at radius 1 is 1.07 bits per heavy atom. The number of esters is 2. The summed E-state index contributed by atoms with van der Waals surface area (Å²) in [5.74, 6) is -1.83. The summed E-state index contributed by atoms with van der Waals surface area (Å²) in [4.78, 5) is 35.2. The van der Waals surface area contributed by atoms with Crippen LogP contribution in [0.2, 0.25) is 0 Å². The number of nitrogens with one attached hydrogen (secondary N) is 1. The number of nitrogens with zero attached hydrogens (tertiary/aromatic N) is 1. The molecule has 7 nitrogen and oxygen atoms in total. The molecule has 0 spiro atoms. The van der Waals surface area contributed by atoms with E-state index in [1.54, 1.807) is 54.6 Å². The van der Waals surface area contributed by atoms with Crippen LogP contribution in [0, 0.1) is 11.3 Å². The first kappa shape index (κ1) is 20.4. The Labute approximate surface area is 162 Å². The van der Waals surface area contributed by atoms with Crippen LogP contribution in [0.4, 0.5) is 0 Å². The molecule has 0 unspecified atom stereocenters. The Kier molecular flexibility index (Phi) is 7.49. The molecular weight excluding hydrogens is 360 g/mol. The largest absolute Gasteiger partial charge is 0.465 e. The molecule has 0 fully saturated rings. The van der Waals surface area contributed by atoms with Gasteiger partial charge in [-0.2, -0.15) is 5.26 Å². The molecule has 0 aliphatic rings. The highest BCUT2D eigenvalue weighted by Gasteiger charge is 2.13. The fraction of sp³-hybridized carbons (Fsp3) is 0.143. The SMILES string of the molecule is COC(=O)c1ccc(CNC(=O)COC(=O)C(C#N)=Cc2ccccc2)cc1. The van der Waals surface area contributed by atoms with Crippen LogP contribution < -0.4 is 5.32 Å². The number of benzene rings is 2. The lowest BCUT2D eigenvalue weighted by atomic mass is 10.1. The summed E-state index contributed by atoms with van der Waals surface area (Å²) in [5.41, 5.74) is 1.64. The van der Waals surface area contributed by atoms with Crippen molar-refractivity contribution < 1.29 is 23.9 Å². The first-order valence-electron chi connectivity index (χ1n) is 8.31. The zero-order chi connectivity index (χ0) is 20.4. The lowest BCUT2D eigenvalue weighted by Gasteiger charge is -2.07. The van der Waals surface area contributed by atoms with Crippen LogP contribution in [-0.4, -0.2) is 31.6 Å². The van der Waals surface area contributed by atoms with E-state index in [1.807, 2.05) is 6.07 Å². The van der Waals surface area contributed by atoms with Crippen LogP contribution in [-0.2, 0) is 25.6 Å². The van der Waals surface area contributed by atoms with Crippen molar-refractivity contribution in [1.29, 1.82) is 5.26 Å². The van der Waals surface area contributed by atoms with Crippen molar-refractivity contribution in [2.45, 2.75) is 6.54 Å². The quantitative estimate of drug-likeness (QED) is 0.450. The van der Waals surface area contributed by atoms with Crippen molar-refractivity contribution in [3.63, 3.8) is 0 Å². The van der Waals surface area contributed by atoms with Crippen LogP contribution in [0.25, 0.3) is 6.08 Å². The number of carbonyl (C=O) groups excluding carboxylic acids is 3. The van der Waals surface area contributed by atoms with E-state index >= 15 is 0 Å². The number of amides is 1.